The van der Waals surface area contributed by atoms with Crippen molar-refractivity contribution < 1.29 is 13.6 Å². The quantitative estimate of drug-likeness (QED) is 0.508. The largest absolute Gasteiger partial charge is 0.346 e. The highest BCUT2D eigenvalue weighted by molar-refractivity contribution is 7.13. The molecule has 0 saturated heterocycles. The summed E-state index contributed by atoms with van der Waals surface area (Å²) in [6.07, 6.45) is 0. The average molecular weight is 427 g/mol. The number of aromatic nitrogens is 6. The molecule has 0 bridgehead atoms. The lowest BCUT2D eigenvalue weighted by molar-refractivity contribution is 0.0950. The van der Waals surface area contributed by atoms with Gasteiger partial charge in [-0.25, -0.2) is 8.78 Å². The van der Waals surface area contributed by atoms with E-state index in [0.29, 0.717) is 22.0 Å². The SMILES string of the molecule is Cc1cc(-c2nnn(Cc3nnc(C(=O)NCc4ccc(F)cc4)s3)n2)ccc1F. The summed E-state index contributed by atoms with van der Waals surface area (Å²) in [7, 11) is 0. The van der Waals surface area contributed by atoms with Crippen LogP contribution in [0.5, 0.6) is 0 Å². The molecule has 0 radical (unpaired) electrons. The lowest BCUT2D eigenvalue weighted by Crippen LogP contribution is -2.22. The average Bonchev–Trinajstić information content (AvgIpc) is 3.40. The van der Waals surface area contributed by atoms with Gasteiger partial charge in [0.05, 0.1) is 0 Å². The van der Waals surface area contributed by atoms with Gasteiger partial charge in [0.2, 0.25) is 10.8 Å². The first-order valence-electron chi connectivity index (χ1n) is 8.87. The first kappa shape index (κ1) is 19.7. The molecule has 0 aliphatic heterocycles. The summed E-state index contributed by atoms with van der Waals surface area (Å²) in [5.41, 5.74) is 1.91. The summed E-state index contributed by atoms with van der Waals surface area (Å²) in [5, 5.41) is 23.5. The molecule has 0 spiro atoms. The van der Waals surface area contributed by atoms with E-state index in [1.54, 1.807) is 31.2 Å². The van der Waals surface area contributed by atoms with Crippen molar-refractivity contribution >= 4 is 17.2 Å². The van der Waals surface area contributed by atoms with Crippen LogP contribution in [0.1, 0.15) is 25.9 Å². The lowest BCUT2D eigenvalue weighted by atomic mass is 10.1. The van der Waals surface area contributed by atoms with Gasteiger partial charge in [0.1, 0.15) is 23.2 Å². The fraction of sp³-hybridized carbons (Fsp3) is 0.158. The van der Waals surface area contributed by atoms with Crippen molar-refractivity contribution in [2.24, 2.45) is 0 Å². The van der Waals surface area contributed by atoms with E-state index in [9.17, 15) is 13.6 Å². The van der Waals surface area contributed by atoms with Crippen LogP contribution >= 0.6 is 11.3 Å². The molecule has 30 heavy (non-hydrogen) atoms. The maximum absolute atomic E-state index is 13.4. The second kappa shape index (κ2) is 8.41. The Bertz CT molecular complexity index is 1190. The van der Waals surface area contributed by atoms with Gasteiger partial charge < -0.3 is 5.32 Å². The first-order valence-corrected chi connectivity index (χ1v) is 9.69. The number of rotatable bonds is 6. The number of nitrogens with zero attached hydrogens (tertiary/aromatic N) is 6. The summed E-state index contributed by atoms with van der Waals surface area (Å²) in [5.74, 6) is -0.652. The highest BCUT2D eigenvalue weighted by atomic mass is 32.1. The molecule has 152 valence electrons. The number of amides is 1. The fourth-order valence-corrected chi connectivity index (χ4v) is 3.33. The molecule has 0 atom stereocenters. The van der Waals surface area contributed by atoms with Crippen molar-refractivity contribution in [3.8, 4) is 11.4 Å². The van der Waals surface area contributed by atoms with Gasteiger partial charge in [0.15, 0.2) is 0 Å². The number of hydrogen-bond acceptors (Lipinski definition) is 7. The Morgan fingerprint density at radius 3 is 2.67 bits per heavy atom. The Labute approximate surface area is 173 Å². The van der Waals surface area contributed by atoms with Gasteiger partial charge in [-0.15, -0.1) is 20.4 Å². The summed E-state index contributed by atoms with van der Waals surface area (Å²) < 4.78 is 26.3. The zero-order valence-corrected chi connectivity index (χ0v) is 16.5. The Hall–Kier alpha value is -3.60. The van der Waals surface area contributed by atoms with Crippen molar-refractivity contribution in [2.75, 3.05) is 0 Å². The standard InChI is InChI=1S/C19H15F2N7OS/c1-11-8-13(4-7-15(11)21)17-24-27-28(26-17)10-16-23-25-19(30-16)18(29)22-9-12-2-5-14(20)6-3-12/h2-8H,9-10H2,1H3,(H,22,29). The van der Waals surface area contributed by atoms with E-state index < -0.39 is 0 Å². The molecule has 4 rings (SSSR count). The Morgan fingerprint density at radius 2 is 1.90 bits per heavy atom. The summed E-state index contributed by atoms with van der Waals surface area (Å²) in [4.78, 5) is 13.6. The van der Waals surface area contributed by atoms with E-state index >= 15 is 0 Å². The van der Waals surface area contributed by atoms with Gasteiger partial charge >= 0.3 is 0 Å². The van der Waals surface area contributed by atoms with E-state index in [1.165, 1.54) is 23.0 Å². The Kier molecular flexibility index (Phi) is 5.53. The third-order valence-corrected chi connectivity index (χ3v) is 5.08. The third-order valence-electron chi connectivity index (χ3n) is 4.17. The van der Waals surface area contributed by atoms with E-state index in [1.807, 2.05) is 0 Å². The predicted octanol–water partition coefficient (Wildman–Crippen LogP) is 2.76. The number of hydrogen-bond donors (Lipinski definition) is 1. The molecule has 11 heteroatoms. The normalized spacial score (nSPS) is 10.9. The molecule has 8 nitrogen and oxygen atoms in total. The van der Waals surface area contributed by atoms with Gasteiger partial charge in [0.25, 0.3) is 5.91 Å². The minimum absolute atomic E-state index is 0.191. The third kappa shape index (κ3) is 4.51. The molecule has 0 fully saturated rings. The fourth-order valence-electron chi connectivity index (χ4n) is 2.60. The smallest absolute Gasteiger partial charge is 0.282 e. The topological polar surface area (TPSA) is 98.5 Å². The van der Waals surface area contributed by atoms with Crippen molar-refractivity contribution in [2.45, 2.75) is 20.0 Å². The highest BCUT2D eigenvalue weighted by Gasteiger charge is 2.15. The van der Waals surface area contributed by atoms with Gasteiger partial charge in [-0.1, -0.05) is 23.5 Å². The number of nitrogens with one attached hydrogen (secondary N) is 1. The Morgan fingerprint density at radius 1 is 1.10 bits per heavy atom. The molecule has 2 aromatic carbocycles. The zero-order valence-electron chi connectivity index (χ0n) is 15.7. The molecule has 0 aliphatic carbocycles. The van der Waals surface area contributed by atoms with Crippen LogP contribution in [0.3, 0.4) is 0 Å². The second-order valence-electron chi connectivity index (χ2n) is 6.42. The van der Waals surface area contributed by atoms with Crippen molar-refractivity contribution in [1.82, 2.24) is 35.7 Å². The molecule has 4 aromatic rings. The predicted molar refractivity (Wildman–Crippen MR) is 105 cm³/mol. The van der Waals surface area contributed by atoms with Gasteiger partial charge in [0, 0.05) is 12.1 Å². The minimum Gasteiger partial charge on any atom is -0.346 e. The number of tetrazole rings is 1. The van der Waals surface area contributed by atoms with E-state index in [-0.39, 0.29) is 35.6 Å². The number of halogens is 2. The maximum Gasteiger partial charge on any atom is 0.282 e. The molecule has 0 aliphatic rings. The van der Waals surface area contributed by atoms with Crippen LogP contribution in [0, 0.1) is 18.6 Å². The molecule has 1 amide bonds. The molecule has 2 heterocycles. The summed E-state index contributed by atoms with van der Waals surface area (Å²) in [6, 6.07) is 10.4. The van der Waals surface area contributed by atoms with Crippen LogP contribution in [0.15, 0.2) is 42.5 Å². The van der Waals surface area contributed by atoms with Crippen LogP contribution in [-0.2, 0) is 13.1 Å². The van der Waals surface area contributed by atoms with Crippen molar-refractivity contribution in [3.05, 3.63) is 75.2 Å². The molecular formula is C19H15F2N7OS. The van der Waals surface area contributed by atoms with Gasteiger partial charge in [-0.05, 0) is 53.6 Å². The highest BCUT2D eigenvalue weighted by Crippen LogP contribution is 2.18. The van der Waals surface area contributed by atoms with Gasteiger partial charge in [-0.3, -0.25) is 4.79 Å². The molecule has 0 unspecified atom stereocenters. The summed E-state index contributed by atoms with van der Waals surface area (Å²) >= 11 is 1.11. The molecule has 1 N–H and O–H groups in total. The van der Waals surface area contributed by atoms with Crippen molar-refractivity contribution in [1.29, 1.82) is 0 Å². The van der Waals surface area contributed by atoms with Crippen LogP contribution in [0.25, 0.3) is 11.4 Å². The van der Waals surface area contributed by atoms with E-state index in [0.717, 1.165) is 16.9 Å². The minimum atomic E-state index is -0.378. The molecular weight excluding hydrogens is 412 g/mol. The first-order chi connectivity index (χ1) is 14.5. The Balaban J connectivity index is 1.38. The van der Waals surface area contributed by atoms with E-state index in [2.05, 4.69) is 30.9 Å². The van der Waals surface area contributed by atoms with Gasteiger partial charge in [-0.2, -0.15) is 4.80 Å². The monoisotopic (exact) mass is 427 g/mol. The lowest BCUT2D eigenvalue weighted by Gasteiger charge is -2.02. The number of aryl methyl sites for hydroxylation is 1. The second-order valence-corrected chi connectivity index (χ2v) is 7.48. The van der Waals surface area contributed by atoms with Crippen molar-refractivity contribution in [3.63, 3.8) is 0 Å². The van der Waals surface area contributed by atoms with Crippen LogP contribution < -0.4 is 5.32 Å². The molecule has 0 saturated carbocycles. The van der Waals surface area contributed by atoms with Crippen LogP contribution in [0.2, 0.25) is 0 Å². The number of carbonyl (C=O) groups is 1. The molecule has 2 aromatic heterocycles. The van der Waals surface area contributed by atoms with E-state index in [4.69, 9.17) is 0 Å². The van der Waals surface area contributed by atoms with Crippen LogP contribution in [-0.4, -0.2) is 36.3 Å². The summed E-state index contributed by atoms with van der Waals surface area (Å²) in [6.45, 7) is 2.10. The maximum atomic E-state index is 13.4. The number of carbonyl (C=O) groups excluding carboxylic acids is 1. The van der Waals surface area contributed by atoms with Crippen LogP contribution in [0.4, 0.5) is 8.78 Å². The number of benzene rings is 2. The zero-order chi connectivity index (χ0) is 21.1.